The van der Waals surface area contributed by atoms with Crippen molar-refractivity contribution < 1.29 is 9.13 Å². The van der Waals surface area contributed by atoms with Crippen LogP contribution in [-0.2, 0) is 4.74 Å². The van der Waals surface area contributed by atoms with Gasteiger partial charge in [-0.2, -0.15) is 0 Å². The third-order valence-corrected chi connectivity index (χ3v) is 4.81. The van der Waals surface area contributed by atoms with Gasteiger partial charge in [0, 0.05) is 58.0 Å². The van der Waals surface area contributed by atoms with E-state index < -0.39 is 0 Å². The van der Waals surface area contributed by atoms with E-state index >= 15 is 0 Å². The number of piperazine rings is 1. The van der Waals surface area contributed by atoms with Crippen LogP contribution in [0.1, 0.15) is 6.42 Å². The Labute approximate surface area is 172 Å². The van der Waals surface area contributed by atoms with Crippen molar-refractivity contribution >= 4 is 35.6 Å². The summed E-state index contributed by atoms with van der Waals surface area (Å²) in [6.45, 7) is 8.96. The molecule has 0 atom stereocenters. The first kappa shape index (κ1) is 21.2. The van der Waals surface area contributed by atoms with Gasteiger partial charge in [0.15, 0.2) is 5.96 Å². The predicted molar refractivity (Wildman–Crippen MR) is 114 cm³/mol. The zero-order valence-electron chi connectivity index (χ0n) is 15.1. The number of guanidine groups is 1. The van der Waals surface area contributed by atoms with Gasteiger partial charge in [-0.1, -0.05) is 0 Å². The Morgan fingerprint density at radius 2 is 1.69 bits per heavy atom. The minimum absolute atomic E-state index is 0. The lowest BCUT2D eigenvalue weighted by molar-refractivity contribution is 0.0377. The van der Waals surface area contributed by atoms with Crippen LogP contribution in [-0.4, -0.2) is 81.3 Å². The summed E-state index contributed by atoms with van der Waals surface area (Å²) < 4.78 is 18.4. The van der Waals surface area contributed by atoms with Gasteiger partial charge in [-0.25, -0.2) is 4.39 Å². The van der Waals surface area contributed by atoms with Crippen LogP contribution in [0.25, 0.3) is 0 Å². The highest BCUT2D eigenvalue weighted by Crippen LogP contribution is 2.16. The van der Waals surface area contributed by atoms with Crippen molar-refractivity contribution in [3.05, 3.63) is 30.1 Å². The van der Waals surface area contributed by atoms with E-state index in [9.17, 15) is 4.39 Å². The van der Waals surface area contributed by atoms with Crippen LogP contribution in [0.4, 0.5) is 10.1 Å². The summed E-state index contributed by atoms with van der Waals surface area (Å²) in [6.07, 6.45) is 1.02. The first-order valence-corrected chi connectivity index (χ1v) is 9.08. The summed E-state index contributed by atoms with van der Waals surface area (Å²) in [7, 11) is 0. The highest BCUT2D eigenvalue weighted by molar-refractivity contribution is 14.0. The van der Waals surface area contributed by atoms with Crippen molar-refractivity contribution in [3.63, 3.8) is 0 Å². The molecule has 1 aromatic carbocycles. The molecule has 0 unspecified atom stereocenters. The Kier molecular flexibility index (Phi) is 8.86. The summed E-state index contributed by atoms with van der Waals surface area (Å²) in [5.41, 5.74) is 7.20. The molecule has 8 heteroatoms. The molecule has 2 aliphatic heterocycles. The molecular formula is C18H29FIN5O. The maximum atomic E-state index is 13.0. The molecule has 0 saturated carbocycles. The molecule has 0 radical (unpaired) electrons. The number of nitrogens with two attached hydrogens (primary N) is 1. The fraction of sp³-hybridized carbons (Fsp3) is 0.611. The third-order valence-electron chi connectivity index (χ3n) is 4.81. The van der Waals surface area contributed by atoms with Crippen molar-refractivity contribution in [1.82, 2.24) is 9.80 Å². The van der Waals surface area contributed by atoms with E-state index in [1.54, 1.807) is 0 Å². The van der Waals surface area contributed by atoms with Gasteiger partial charge in [-0.15, -0.1) is 24.0 Å². The normalized spacial score (nSPS) is 19.3. The maximum absolute atomic E-state index is 13.0. The third kappa shape index (κ3) is 6.24. The van der Waals surface area contributed by atoms with E-state index in [-0.39, 0.29) is 29.8 Å². The molecule has 0 aromatic heterocycles. The second-order valence-corrected chi connectivity index (χ2v) is 6.50. The fourth-order valence-corrected chi connectivity index (χ4v) is 3.26. The van der Waals surface area contributed by atoms with Gasteiger partial charge in [0.05, 0.1) is 13.2 Å². The van der Waals surface area contributed by atoms with Gasteiger partial charge < -0.3 is 20.3 Å². The van der Waals surface area contributed by atoms with E-state index in [0.717, 1.165) is 77.7 Å². The molecule has 2 saturated heterocycles. The predicted octanol–water partition coefficient (Wildman–Crippen LogP) is 1.60. The molecule has 0 bridgehead atoms. The molecule has 3 rings (SSSR count). The summed E-state index contributed by atoms with van der Waals surface area (Å²) in [6, 6.07) is 6.67. The molecule has 2 heterocycles. The number of benzene rings is 1. The van der Waals surface area contributed by atoms with Crippen molar-refractivity contribution in [3.8, 4) is 0 Å². The highest BCUT2D eigenvalue weighted by Gasteiger charge is 2.18. The number of halogens is 2. The SMILES string of the molecule is I.NC(=NCCCN1CCOCC1)N1CCN(c2ccc(F)cc2)CC1. The van der Waals surface area contributed by atoms with E-state index in [1.165, 1.54) is 12.1 Å². The number of rotatable bonds is 5. The van der Waals surface area contributed by atoms with Gasteiger partial charge in [0.25, 0.3) is 0 Å². The van der Waals surface area contributed by atoms with Crippen LogP contribution in [0.3, 0.4) is 0 Å². The molecule has 2 fully saturated rings. The molecule has 2 N–H and O–H groups in total. The first-order chi connectivity index (χ1) is 12.2. The molecule has 26 heavy (non-hydrogen) atoms. The quantitative estimate of drug-likeness (QED) is 0.302. The zero-order valence-corrected chi connectivity index (χ0v) is 17.5. The topological polar surface area (TPSA) is 57.3 Å². The number of hydrogen-bond donors (Lipinski definition) is 1. The highest BCUT2D eigenvalue weighted by atomic mass is 127. The van der Waals surface area contributed by atoms with Gasteiger partial charge in [-0.05, 0) is 30.7 Å². The molecule has 146 valence electrons. The number of anilines is 1. The van der Waals surface area contributed by atoms with Crippen LogP contribution >= 0.6 is 24.0 Å². The minimum atomic E-state index is -0.198. The molecule has 6 nitrogen and oxygen atoms in total. The van der Waals surface area contributed by atoms with E-state index in [4.69, 9.17) is 10.5 Å². The van der Waals surface area contributed by atoms with Crippen molar-refractivity contribution in [2.75, 3.05) is 70.5 Å². The number of ether oxygens (including phenoxy) is 1. The van der Waals surface area contributed by atoms with Crippen LogP contribution in [0.15, 0.2) is 29.3 Å². The second-order valence-electron chi connectivity index (χ2n) is 6.50. The average Bonchev–Trinajstić information content (AvgIpc) is 2.67. The van der Waals surface area contributed by atoms with Gasteiger partial charge in [-0.3, -0.25) is 9.89 Å². The van der Waals surface area contributed by atoms with E-state index in [1.807, 2.05) is 12.1 Å². The largest absolute Gasteiger partial charge is 0.379 e. The summed E-state index contributed by atoms with van der Waals surface area (Å²) in [5.74, 6) is 0.441. The molecule has 0 aliphatic carbocycles. The Balaban J connectivity index is 0.00000243. The Morgan fingerprint density at radius 3 is 2.35 bits per heavy atom. The monoisotopic (exact) mass is 477 g/mol. The zero-order chi connectivity index (χ0) is 17.5. The van der Waals surface area contributed by atoms with Crippen LogP contribution in [0.5, 0.6) is 0 Å². The van der Waals surface area contributed by atoms with Crippen molar-refractivity contribution in [1.29, 1.82) is 0 Å². The molecular weight excluding hydrogens is 448 g/mol. The molecule has 1 aromatic rings. The summed E-state index contributed by atoms with van der Waals surface area (Å²) in [4.78, 5) is 11.3. The van der Waals surface area contributed by atoms with Crippen LogP contribution in [0.2, 0.25) is 0 Å². The lowest BCUT2D eigenvalue weighted by atomic mass is 10.2. The Bertz CT molecular complexity index is 557. The summed E-state index contributed by atoms with van der Waals surface area (Å²) >= 11 is 0. The number of morpholine rings is 1. The Morgan fingerprint density at radius 1 is 1.04 bits per heavy atom. The lowest BCUT2D eigenvalue weighted by Crippen LogP contribution is -2.51. The van der Waals surface area contributed by atoms with Gasteiger partial charge >= 0.3 is 0 Å². The fourth-order valence-electron chi connectivity index (χ4n) is 3.26. The van der Waals surface area contributed by atoms with Crippen LogP contribution < -0.4 is 10.6 Å². The number of hydrogen-bond acceptors (Lipinski definition) is 4. The second kappa shape index (κ2) is 10.9. The van der Waals surface area contributed by atoms with Crippen LogP contribution in [0, 0.1) is 5.82 Å². The average molecular weight is 477 g/mol. The molecule has 0 spiro atoms. The van der Waals surface area contributed by atoms with E-state index in [0.29, 0.717) is 5.96 Å². The summed E-state index contributed by atoms with van der Waals surface area (Å²) in [5, 5.41) is 0. The van der Waals surface area contributed by atoms with Gasteiger partial charge in [0.1, 0.15) is 5.82 Å². The van der Waals surface area contributed by atoms with Gasteiger partial charge in [0.2, 0.25) is 0 Å². The standard InChI is InChI=1S/C18H28FN5O.HI/c19-16-2-4-17(5-3-16)23-8-10-24(11-9-23)18(20)21-6-1-7-22-12-14-25-15-13-22;/h2-5H,1,6-15H2,(H2,20,21);1H. The number of nitrogens with zero attached hydrogens (tertiary/aromatic N) is 4. The minimum Gasteiger partial charge on any atom is -0.379 e. The molecule has 0 amide bonds. The van der Waals surface area contributed by atoms with E-state index in [2.05, 4.69) is 19.7 Å². The molecule has 2 aliphatic rings. The lowest BCUT2D eigenvalue weighted by Gasteiger charge is -2.36. The number of aliphatic imine (C=N–C) groups is 1. The van der Waals surface area contributed by atoms with Crippen molar-refractivity contribution in [2.45, 2.75) is 6.42 Å². The van der Waals surface area contributed by atoms with Crippen molar-refractivity contribution in [2.24, 2.45) is 10.7 Å². The smallest absolute Gasteiger partial charge is 0.191 e. The maximum Gasteiger partial charge on any atom is 0.191 e. The Hall–Kier alpha value is -1.13. The first-order valence-electron chi connectivity index (χ1n) is 9.08.